The Kier molecular flexibility index (Phi) is 8.28. The molecule has 21 heavy (non-hydrogen) atoms. The lowest BCUT2D eigenvalue weighted by Crippen LogP contribution is -2.29. The van der Waals surface area contributed by atoms with E-state index in [1.807, 2.05) is 0 Å². The average Bonchev–Trinajstić information content (AvgIpc) is 2.43. The topological polar surface area (TPSA) is 67.4 Å². The van der Waals surface area contributed by atoms with Crippen molar-refractivity contribution in [2.24, 2.45) is 0 Å². The maximum Gasteiger partial charge on any atom is 0.319 e. The number of ether oxygens (including phenoxy) is 1. The van der Waals surface area contributed by atoms with Crippen molar-refractivity contribution >= 4 is 29.3 Å². The zero-order valence-electron chi connectivity index (χ0n) is 12.2. The van der Waals surface area contributed by atoms with E-state index in [1.54, 1.807) is 31.2 Å². The van der Waals surface area contributed by atoms with E-state index >= 15 is 0 Å². The Morgan fingerprint density at radius 3 is 2.76 bits per heavy atom. The monoisotopic (exact) mass is 312 g/mol. The van der Waals surface area contributed by atoms with Crippen LogP contribution < -0.4 is 10.6 Å². The number of rotatable bonds is 8. The van der Waals surface area contributed by atoms with Gasteiger partial charge in [0.25, 0.3) is 0 Å². The minimum Gasteiger partial charge on any atom is -0.466 e. The van der Waals surface area contributed by atoms with Crippen LogP contribution in [0.1, 0.15) is 32.6 Å². The van der Waals surface area contributed by atoms with Crippen molar-refractivity contribution in [2.45, 2.75) is 32.6 Å². The molecular weight excluding hydrogens is 292 g/mol. The van der Waals surface area contributed by atoms with Crippen molar-refractivity contribution in [1.82, 2.24) is 5.32 Å². The lowest BCUT2D eigenvalue weighted by Gasteiger charge is -2.07. The molecule has 5 nitrogen and oxygen atoms in total. The molecule has 1 aromatic rings. The molecule has 0 aromatic heterocycles. The van der Waals surface area contributed by atoms with Gasteiger partial charge in [0.15, 0.2) is 0 Å². The van der Waals surface area contributed by atoms with Crippen LogP contribution in [0.25, 0.3) is 0 Å². The van der Waals surface area contributed by atoms with E-state index in [0.29, 0.717) is 30.3 Å². The van der Waals surface area contributed by atoms with E-state index in [9.17, 15) is 9.59 Å². The van der Waals surface area contributed by atoms with Gasteiger partial charge in [0.2, 0.25) is 0 Å². The summed E-state index contributed by atoms with van der Waals surface area (Å²) in [4.78, 5) is 22.7. The standard InChI is InChI=1S/C15H21ClN2O3/c1-2-21-14(19)9-4-3-5-10-17-15(20)18-13-8-6-7-12(16)11-13/h6-8,11H,2-5,9-10H2,1H3,(H2,17,18,20). The molecular formula is C15H21ClN2O3. The van der Waals surface area contributed by atoms with Crippen molar-refractivity contribution in [3.05, 3.63) is 29.3 Å². The number of urea groups is 1. The molecule has 0 heterocycles. The molecule has 0 radical (unpaired) electrons. The molecule has 0 saturated heterocycles. The Morgan fingerprint density at radius 1 is 1.24 bits per heavy atom. The van der Waals surface area contributed by atoms with Gasteiger partial charge in [-0.2, -0.15) is 0 Å². The number of esters is 1. The van der Waals surface area contributed by atoms with E-state index in [4.69, 9.17) is 16.3 Å². The summed E-state index contributed by atoms with van der Waals surface area (Å²) >= 11 is 5.83. The highest BCUT2D eigenvalue weighted by Gasteiger charge is 2.03. The highest BCUT2D eigenvalue weighted by molar-refractivity contribution is 6.30. The van der Waals surface area contributed by atoms with Crippen LogP contribution in [0.15, 0.2) is 24.3 Å². The first-order chi connectivity index (χ1) is 10.1. The largest absolute Gasteiger partial charge is 0.466 e. The zero-order chi connectivity index (χ0) is 15.5. The fraction of sp³-hybridized carbons (Fsp3) is 0.467. The van der Waals surface area contributed by atoms with Crippen molar-refractivity contribution in [1.29, 1.82) is 0 Å². The lowest BCUT2D eigenvalue weighted by molar-refractivity contribution is -0.143. The second kappa shape index (κ2) is 10.0. The van der Waals surface area contributed by atoms with Gasteiger partial charge in [-0.3, -0.25) is 4.79 Å². The third-order valence-electron chi connectivity index (χ3n) is 2.73. The van der Waals surface area contributed by atoms with E-state index in [0.717, 1.165) is 19.3 Å². The summed E-state index contributed by atoms with van der Waals surface area (Å²) in [5.74, 6) is -0.163. The number of carbonyl (C=O) groups excluding carboxylic acids is 2. The number of hydrogen-bond donors (Lipinski definition) is 2. The molecule has 6 heteroatoms. The van der Waals surface area contributed by atoms with Gasteiger partial charge in [0.1, 0.15) is 0 Å². The van der Waals surface area contributed by atoms with Crippen LogP contribution in [-0.2, 0) is 9.53 Å². The van der Waals surface area contributed by atoms with E-state index in [-0.39, 0.29) is 12.0 Å². The SMILES string of the molecule is CCOC(=O)CCCCCNC(=O)Nc1cccc(Cl)c1. The van der Waals surface area contributed by atoms with Crippen LogP contribution in [0.3, 0.4) is 0 Å². The van der Waals surface area contributed by atoms with Crippen molar-refractivity contribution in [2.75, 3.05) is 18.5 Å². The van der Waals surface area contributed by atoms with Gasteiger partial charge in [-0.15, -0.1) is 0 Å². The molecule has 0 aliphatic rings. The summed E-state index contributed by atoms with van der Waals surface area (Å²) in [5.41, 5.74) is 0.655. The van der Waals surface area contributed by atoms with Crippen LogP contribution in [0.4, 0.5) is 10.5 Å². The van der Waals surface area contributed by atoms with E-state index in [2.05, 4.69) is 10.6 Å². The van der Waals surface area contributed by atoms with Crippen molar-refractivity contribution < 1.29 is 14.3 Å². The minimum absolute atomic E-state index is 0.163. The van der Waals surface area contributed by atoms with Gasteiger partial charge >= 0.3 is 12.0 Å². The van der Waals surface area contributed by atoms with Gasteiger partial charge in [-0.05, 0) is 38.0 Å². The first kappa shape index (κ1) is 17.3. The number of carbonyl (C=O) groups is 2. The summed E-state index contributed by atoms with van der Waals surface area (Å²) in [5, 5.41) is 6.03. The van der Waals surface area contributed by atoms with E-state index < -0.39 is 0 Å². The summed E-state index contributed by atoms with van der Waals surface area (Å²) < 4.78 is 4.83. The molecule has 116 valence electrons. The van der Waals surface area contributed by atoms with Crippen molar-refractivity contribution in [3.8, 4) is 0 Å². The summed E-state index contributed by atoms with van der Waals surface area (Å²) in [6.45, 7) is 2.78. The number of unbranched alkanes of at least 4 members (excludes halogenated alkanes) is 2. The number of anilines is 1. The number of nitrogens with one attached hydrogen (secondary N) is 2. The van der Waals surface area contributed by atoms with Crippen LogP contribution in [0, 0.1) is 0 Å². The number of halogens is 1. The smallest absolute Gasteiger partial charge is 0.319 e. The molecule has 0 fully saturated rings. The van der Waals surface area contributed by atoms with Crippen LogP contribution in [0.5, 0.6) is 0 Å². The molecule has 1 aromatic carbocycles. The van der Waals surface area contributed by atoms with Crippen LogP contribution in [-0.4, -0.2) is 25.2 Å². The molecule has 0 spiro atoms. The van der Waals surface area contributed by atoms with Gasteiger partial charge < -0.3 is 15.4 Å². The van der Waals surface area contributed by atoms with Gasteiger partial charge in [-0.25, -0.2) is 4.79 Å². The first-order valence-corrected chi connectivity index (χ1v) is 7.45. The maximum absolute atomic E-state index is 11.6. The molecule has 2 amide bonds. The minimum atomic E-state index is -0.261. The maximum atomic E-state index is 11.6. The van der Waals surface area contributed by atoms with Crippen molar-refractivity contribution in [3.63, 3.8) is 0 Å². The lowest BCUT2D eigenvalue weighted by atomic mass is 10.2. The molecule has 2 N–H and O–H groups in total. The fourth-order valence-electron chi connectivity index (χ4n) is 1.75. The normalized spacial score (nSPS) is 10.0. The van der Waals surface area contributed by atoms with Crippen LogP contribution >= 0.6 is 11.6 Å². The van der Waals surface area contributed by atoms with E-state index in [1.165, 1.54) is 0 Å². The van der Waals surface area contributed by atoms with Gasteiger partial charge in [0.05, 0.1) is 6.61 Å². The predicted octanol–water partition coefficient (Wildman–Crippen LogP) is 3.59. The summed E-state index contributed by atoms with van der Waals surface area (Å²) in [6.07, 6.45) is 2.90. The van der Waals surface area contributed by atoms with Gasteiger partial charge in [0, 0.05) is 23.7 Å². The predicted molar refractivity (Wildman–Crippen MR) is 83.6 cm³/mol. The third kappa shape index (κ3) is 8.19. The Bertz CT molecular complexity index is 466. The number of amides is 2. The highest BCUT2D eigenvalue weighted by Crippen LogP contribution is 2.14. The fourth-order valence-corrected chi connectivity index (χ4v) is 1.94. The third-order valence-corrected chi connectivity index (χ3v) is 2.97. The Balaban J connectivity index is 2.07. The van der Waals surface area contributed by atoms with Gasteiger partial charge in [-0.1, -0.05) is 24.1 Å². The number of hydrogen-bond acceptors (Lipinski definition) is 3. The molecule has 0 bridgehead atoms. The van der Waals surface area contributed by atoms with Crippen LogP contribution in [0.2, 0.25) is 5.02 Å². The Morgan fingerprint density at radius 2 is 2.05 bits per heavy atom. The summed E-state index contributed by atoms with van der Waals surface area (Å²) in [7, 11) is 0. The highest BCUT2D eigenvalue weighted by atomic mass is 35.5. The molecule has 0 saturated carbocycles. The summed E-state index contributed by atoms with van der Waals surface area (Å²) in [6, 6.07) is 6.70. The average molecular weight is 313 g/mol. The molecule has 0 atom stereocenters. The molecule has 0 aliphatic carbocycles. The quantitative estimate of drug-likeness (QED) is 0.569. The number of benzene rings is 1. The second-order valence-corrected chi connectivity index (χ2v) is 4.94. The second-order valence-electron chi connectivity index (χ2n) is 4.51. The zero-order valence-corrected chi connectivity index (χ0v) is 12.9. The Hall–Kier alpha value is -1.75. The first-order valence-electron chi connectivity index (χ1n) is 7.08. The molecule has 1 rings (SSSR count). The molecule has 0 unspecified atom stereocenters. The Labute approximate surface area is 130 Å². The molecule has 0 aliphatic heterocycles.